The molecule has 320 valence electrons. The summed E-state index contributed by atoms with van der Waals surface area (Å²) < 4.78 is 10.4. The average molecular weight is 889 g/mol. The first kappa shape index (κ1) is 47.3. The molecule has 0 radical (unpaired) electrons. The summed E-state index contributed by atoms with van der Waals surface area (Å²) in [7, 11) is 0. The summed E-state index contributed by atoms with van der Waals surface area (Å²) in [5, 5.41) is 23.0. The molecule has 0 spiro atoms. The molecule has 6 rings (SSSR count). The summed E-state index contributed by atoms with van der Waals surface area (Å²) in [6.45, 7) is 18.1. The molecule has 0 saturated heterocycles. The number of nitrogens with one attached hydrogen (secondary N) is 5. The van der Waals surface area contributed by atoms with Gasteiger partial charge in [-0.15, -0.1) is 45.3 Å². The van der Waals surface area contributed by atoms with Gasteiger partial charge < -0.3 is 41.0 Å². The summed E-state index contributed by atoms with van der Waals surface area (Å²) in [4.78, 5) is 77.2. The molecule has 6 heterocycles. The lowest BCUT2D eigenvalue weighted by atomic mass is 10.0. The van der Waals surface area contributed by atoms with E-state index in [2.05, 4.69) is 50.4 Å². The van der Waals surface area contributed by atoms with E-state index in [4.69, 9.17) is 19.1 Å². The number of hydrogen-bond donors (Lipinski definition) is 5. The third-order valence-electron chi connectivity index (χ3n) is 8.46. The third kappa shape index (κ3) is 14.4. The topological polar surface area (TPSA) is 210 Å². The fourth-order valence-corrected chi connectivity index (χ4v) is 10.2. The van der Waals surface area contributed by atoms with Crippen LogP contribution in [0.3, 0.4) is 0 Å². The maximum Gasteiger partial charge on any atom is 0.410 e. The highest BCUT2D eigenvalue weighted by atomic mass is 32.1. The number of anilines is 2. The van der Waals surface area contributed by atoms with Crippen molar-refractivity contribution in [1.82, 2.24) is 30.8 Å². The van der Waals surface area contributed by atoms with E-state index >= 15 is 0 Å². The molecular weight excluding hydrogens is 837 g/mol. The molecule has 2 aliphatic rings. The van der Waals surface area contributed by atoms with Crippen molar-refractivity contribution in [3.05, 3.63) is 37.8 Å². The molecule has 4 aromatic heterocycles. The largest absolute Gasteiger partial charge is 0.444 e. The number of hydrogen-bond acceptors (Lipinski definition) is 17. The number of carbonyl (C=O) groups excluding carboxylic acids is 6. The van der Waals surface area contributed by atoms with Crippen LogP contribution in [-0.4, -0.2) is 89.3 Å². The molecule has 20 heteroatoms. The van der Waals surface area contributed by atoms with Gasteiger partial charge in [0, 0.05) is 83.6 Å². The fourth-order valence-electron chi connectivity index (χ4n) is 6.00. The first-order chi connectivity index (χ1) is 28.1. The Labute approximate surface area is 359 Å². The van der Waals surface area contributed by atoms with Crippen LogP contribution in [0.15, 0.2) is 17.0 Å². The summed E-state index contributed by atoms with van der Waals surface area (Å²) in [5.41, 5.74) is 3.78. The molecule has 0 unspecified atom stereocenters. The highest BCUT2D eigenvalue weighted by Gasteiger charge is 2.32. The van der Waals surface area contributed by atoms with Crippen LogP contribution < -0.4 is 31.3 Å². The molecule has 59 heavy (non-hydrogen) atoms. The predicted molar refractivity (Wildman–Crippen MR) is 231 cm³/mol. The number of thiophene rings is 2. The quantitative estimate of drug-likeness (QED) is 0.0884. The number of aromatic nitrogens is 2. The Bertz CT molecular complexity index is 2050. The molecule has 3 amide bonds. The highest BCUT2D eigenvalue weighted by molar-refractivity contribution is 7.19. The van der Waals surface area contributed by atoms with Gasteiger partial charge in [0.05, 0.1) is 11.9 Å². The Balaban J connectivity index is 0.000000257. The minimum atomic E-state index is -0.572. The lowest BCUT2D eigenvalue weighted by Crippen LogP contribution is -2.39. The molecule has 5 N–H and O–H groups in total. The number of nitrogens with zero attached hydrogens (tertiary/aromatic N) is 3. The second-order valence-corrected chi connectivity index (χ2v) is 18.9. The summed E-state index contributed by atoms with van der Waals surface area (Å²) >= 11 is 6.09. The Hall–Kier alpha value is -4.40. The molecule has 2 aliphatic heterocycles. The van der Waals surface area contributed by atoms with E-state index in [1.807, 2.05) is 46.2 Å². The van der Waals surface area contributed by atoms with Gasteiger partial charge in [-0.2, -0.15) is 9.59 Å². The number of rotatable bonds is 14. The zero-order chi connectivity index (χ0) is 43.1. The van der Waals surface area contributed by atoms with Crippen molar-refractivity contribution in [3.63, 3.8) is 0 Å². The van der Waals surface area contributed by atoms with Crippen LogP contribution in [0.1, 0.15) is 82.2 Å². The minimum absolute atomic E-state index is 0.0579. The van der Waals surface area contributed by atoms with E-state index in [1.165, 1.54) is 33.1 Å². The van der Waals surface area contributed by atoms with Crippen molar-refractivity contribution in [3.8, 4) is 27.0 Å². The monoisotopic (exact) mass is 888 g/mol. The number of fused-ring (bicyclic) bond motifs is 2. The predicted octanol–water partition coefficient (Wildman–Crippen LogP) is 6.29. The molecule has 0 aromatic carbocycles. The maximum atomic E-state index is 12.6. The van der Waals surface area contributed by atoms with Crippen molar-refractivity contribution < 1.29 is 38.2 Å². The summed E-state index contributed by atoms with van der Waals surface area (Å²) in [6.07, 6.45) is 4.13. The van der Waals surface area contributed by atoms with Crippen LogP contribution in [-0.2, 0) is 54.6 Å². The van der Waals surface area contributed by atoms with Crippen molar-refractivity contribution in [2.75, 3.05) is 36.8 Å². The van der Waals surface area contributed by atoms with Crippen LogP contribution in [0.4, 0.5) is 14.8 Å². The Morgan fingerprint density at radius 2 is 1.51 bits per heavy atom. The molecule has 0 bridgehead atoms. The Morgan fingerprint density at radius 3 is 2.07 bits per heavy atom. The van der Waals surface area contributed by atoms with Crippen LogP contribution in [0.5, 0.6) is 5.88 Å². The average Bonchev–Trinajstić information content (AvgIpc) is 3.97. The minimum Gasteiger partial charge on any atom is -0.444 e. The van der Waals surface area contributed by atoms with E-state index < -0.39 is 5.60 Å². The van der Waals surface area contributed by atoms with Crippen LogP contribution >= 0.6 is 45.3 Å². The normalized spacial score (nSPS) is 13.2. The van der Waals surface area contributed by atoms with Gasteiger partial charge in [0.2, 0.25) is 17.7 Å². The van der Waals surface area contributed by atoms with E-state index in [-0.39, 0.29) is 29.9 Å². The fraction of sp³-hybridized carbons (Fsp3) is 0.513. The third-order valence-corrected chi connectivity index (χ3v) is 12.4. The first-order valence-corrected chi connectivity index (χ1v) is 22.5. The lowest BCUT2D eigenvalue weighted by molar-refractivity contribution is -0.191. The first-order valence-electron chi connectivity index (χ1n) is 19.1. The van der Waals surface area contributed by atoms with Gasteiger partial charge in [-0.1, -0.05) is 27.7 Å². The molecule has 16 nitrogen and oxygen atoms in total. The van der Waals surface area contributed by atoms with Gasteiger partial charge in [-0.05, 0) is 51.3 Å². The number of thiazole rings is 2. The number of ether oxygens (including phenoxy) is 2. The second-order valence-electron chi connectivity index (χ2n) is 14.9. The van der Waals surface area contributed by atoms with Crippen molar-refractivity contribution in [2.45, 2.75) is 105 Å². The van der Waals surface area contributed by atoms with Gasteiger partial charge in [0.15, 0.2) is 0 Å². The summed E-state index contributed by atoms with van der Waals surface area (Å²) in [6, 6.07) is 0.696. The van der Waals surface area contributed by atoms with E-state index in [0.717, 1.165) is 51.1 Å². The SMILES string of the molecule is CC(C)NCCC(=O)Nc1sc2c(c1-c1nc(OC=O)cs1)CCN(C(=O)OC(C)(C)C)C2.CC(C)NCCC(=O)Nc1sc2c(c1-c1nccs1)CCNC2.O=C=O. The van der Waals surface area contributed by atoms with Crippen molar-refractivity contribution >= 4 is 85.9 Å². The molecule has 4 aromatic rings. The summed E-state index contributed by atoms with van der Waals surface area (Å²) in [5.74, 6) is 0.171. The zero-order valence-electron chi connectivity index (χ0n) is 34.3. The molecule has 0 fully saturated rings. The molecule has 0 saturated carbocycles. The van der Waals surface area contributed by atoms with Gasteiger partial charge >= 0.3 is 12.2 Å². The molecular formula is C39H52N8O8S4. The van der Waals surface area contributed by atoms with E-state index in [9.17, 15) is 19.2 Å². The Kier molecular flexibility index (Phi) is 18.3. The highest BCUT2D eigenvalue weighted by Crippen LogP contribution is 2.46. The van der Waals surface area contributed by atoms with Crippen LogP contribution in [0, 0.1) is 0 Å². The maximum absolute atomic E-state index is 12.6. The number of carbonyl (C=O) groups is 4. The second kappa shape index (κ2) is 22.8. The van der Waals surface area contributed by atoms with Crippen molar-refractivity contribution in [2.24, 2.45) is 0 Å². The lowest BCUT2D eigenvalue weighted by Gasteiger charge is -2.30. The van der Waals surface area contributed by atoms with Gasteiger partial charge in [-0.25, -0.2) is 14.8 Å². The number of amides is 3. The van der Waals surface area contributed by atoms with Crippen molar-refractivity contribution in [1.29, 1.82) is 0 Å². The molecule has 0 aliphatic carbocycles. The van der Waals surface area contributed by atoms with Gasteiger partial charge in [0.25, 0.3) is 6.47 Å². The van der Waals surface area contributed by atoms with E-state index in [1.54, 1.807) is 33.0 Å². The standard InChI is InChI=1S/C22H30N4O5S2.C16H22N4OS2.CO2/c1-13(2)23-8-6-16(28)24-20-18(19-25-17(11-32-19)30-12-27)14-7-9-26(10-15(14)33-20)21(29)31-22(3,4)5;1-10(2)18-6-4-13(21)20-16-14(15-19-7-8-22-15)11-3-5-17-9-12(11)23-16;2-1-3/h11-13,23H,6-10H2,1-5H3,(H,24,28);7-8,10,17-18H,3-6,9H2,1-2H3,(H,20,21);. The van der Waals surface area contributed by atoms with E-state index in [0.29, 0.717) is 74.0 Å². The zero-order valence-corrected chi connectivity index (χ0v) is 37.5. The van der Waals surface area contributed by atoms with Crippen LogP contribution in [0.25, 0.3) is 21.1 Å². The molecule has 0 atom stereocenters. The Morgan fingerprint density at radius 1 is 0.915 bits per heavy atom. The smallest absolute Gasteiger partial charge is 0.410 e. The van der Waals surface area contributed by atoms with Crippen LogP contribution in [0.2, 0.25) is 0 Å². The van der Waals surface area contributed by atoms with Gasteiger partial charge in [-0.3, -0.25) is 14.4 Å². The van der Waals surface area contributed by atoms with Gasteiger partial charge in [0.1, 0.15) is 25.6 Å².